The first-order valence-corrected chi connectivity index (χ1v) is 20.1. The monoisotopic (exact) mass is 793 g/mol. The van der Waals surface area contributed by atoms with E-state index in [0.29, 0.717) is 31.0 Å². The van der Waals surface area contributed by atoms with E-state index in [2.05, 4.69) is 25.6 Å². The van der Waals surface area contributed by atoms with Crippen molar-refractivity contribution in [1.29, 1.82) is 0 Å². The van der Waals surface area contributed by atoms with Crippen molar-refractivity contribution in [3.05, 3.63) is 77.6 Å². The number of rotatable bonds is 12. The first kappa shape index (κ1) is 39.3. The van der Waals surface area contributed by atoms with E-state index in [1.54, 1.807) is 22.2 Å². The molecule has 58 heavy (non-hydrogen) atoms. The minimum absolute atomic E-state index is 0.00740. The second kappa shape index (κ2) is 16.3. The summed E-state index contributed by atoms with van der Waals surface area (Å²) in [6, 6.07) is 12.1. The Balaban J connectivity index is 0.925. The van der Waals surface area contributed by atoms with Crippen molar-refractivity contribution < 1.29 is 33.4 Å². The largest absolute Gasteiger partial charge is 0.453 e. The molecule has 306 valence electrons. The highest BCUT2D eigenvalue weighted by atomic mass is 16.9. The van der Waals surface area contributed by atoms with Gasteiger partial charge in [-0.25, -0.2) is 14.8 Å². The molecule has 8 rings (SSSR count). The van der Waals surface area contributed by atoms with Gasteiger partial charge in [0.1, 0.15) is 17.7 Å². The third-order valence-corrected chi connectivity index (χ3v) is 11.7. The molecule has 4 amide bonds. The van der Waals surface area contributed by atoms with Gasteiger partial charge in [-0.3, -0.25) is 19.7 Å². The van der Waals surface area contributed by atoms with Crippen molar-refractivity contribution >= 4 is 29.5 Å². The van der Waals surface area contributed by atoms with Gasteiger partial charge in [-0.05, 0) is 78.5 Å². The molecule has 16 nitrogen and oxygen atoms in total. The zero-order chi connectivity index (χ0) is 40.7. The molecular formula is C42H51N9O7. The highest BCUT2D eigenvalue weighted by Gasteiger charge is 2.40. The zero-order valence-electron chi connectivity index (χ0n) is 33.5. The molecule has 0 spiro atoms. The number of aromatic amines is 2. The van der Waals surface area contributed by atoms with E-state index in [0.717, 1.165) is 65.3 Å². The summed E-state index contributed by atoms with van der Waals surface area (Å²) in [5.74, 6) is 1.12. The Hall–Kier alpha value is -5.58. The molecule has 4 aliphatic rings. The SMILES string of the molecule is COC(=O)N[C@H](C(=O)N1CCC[C@H]1c1ncc(-c2ccc3c(c2)CN(c2ccc(-c4cnc(C5CCCN5C(=O)[C@H](NC5OCO5)C(C)C)[nH]4)cc2)C3=O)[nH]1)C(C)C. The molecule has 4 atom stereocenters. The fraction of sp³-hybridized carbons (Fsp3) is 0.476. The molecule has 2 aromatic heterocycles. The first-order chi connectivity index (χ1) is 28.0. The number of nitrogens with one attached hydrogen (secondary N) is 4. The number of aromatic nitrogens is 4. The van der Waals surface area contributed by atoms with Gasteiger partial charge in [-0.15, -0.1) is 0 Å². The van der Waals surface area contributed by atoms with Gasteiger partial charge in [0.05, 0.1) is 55.6 Å². The van der Waals surface area contributed by atoms with Crippen LogP contribution in [0.1, 0.15) is 93.0 Å². The van der Waals surface area contributed by atoms with E-state index in [1.165, 1.54) is 7.11 Å². The highest BCUT2D eigenvalue weighted by molar-refractivity contribution is 6.10. The normalized spacial score (nSPS) is 20.5. The second-order valence-electron chi connectivity index (χ2n) is 16.1. The number of benzene rings is 2. The van der Waals surface area contributed by atoms with Crippen LogP contribution in [0.3, 0.4) is 0 Å². The Kier molecular flexibility index (Phi) is 11.1. The van der Waals surface area contributed by atoms with Crippen molar-refractivity contribution in [2.45, 2.75) is 90.5 Å². The summed E-state index contributed by atoms with van der Waals surface area (Å²) in [5.41, 5.74) is 5.77. The topological polar surface area (TPSA) is 187 Å². The number of hydrogen-bond acceptors (Lipinski definition) is 10. The number of methoxy groups -OCH3 is 1. The fourth-order valence-corrected chi connectivity index (χ4v) is 8.44. The number of carbonyl (C=O) groups excluding carboxylic acids is 4. The predicted octanol–water partition coefficient (Wildman–Crippen LogP) is 5.24. The van der Waals surface area contributed by atoms with Gasteiger partial charge < -0.3 is 44.2 Å². The van der Waals surface area contributed by atoms with Crippen LogP contribution in [-0.4, -0.2) is 99.0 Å². The molecule has 0 aliphatic carbocycles. The molecule has 0 radical (unpaired) electrons. The molecule has 1 unspecified atom stereocenters. The third-order valence-electron chi connectivity index (χ3n) is 11.7. The molecule has 2 aromatic carbocycles. The minimum Gasteiger partial charge on any atom is -0.453 e. The third kappa shape index (κ3) is 7.58. The van der Waals surface area contributed by atoms with Crippen LogP contribution in [0.25, 0.3) is 22.5 Å². The standard InChI is InChI=1S/C42H51N9O7/c1-23(2)34(47-41(55)56-5)39(53)49-16-6-9-33(49)37-44-20-31(46-37)26-12-15-29-27(18-26)21-51(38(29)52)28-13-10-25(11-14-28)30-19-43-36(45-30)32-8-7-17-50(32)40(54)35(24(3)4)48-42-57-22-58-42/h10-15,18-20,23-24,32-35,42,48H,6-9,16-17,21-22H2,1-5H3,(H,43,45)(H,44,46)(H,47,55)/t32?,33-,34-,35+/m0/s1. The Morgan fingerprint density at radius 2 is 1.38 bits per heavy atom. The van der Waals surface area contributed by atoms with E-state index in [4.69, 9.17) is 19.2 Å². The average Bonchev–Trinajstić information content (AvgIpc) is 4.05. The molecular weight excluding hydrogens is 743 g/mol. The number of likely N-dealkylation sites (tertiary alicyclic amines) is 2. The number of carbonyl (C=O) groups is 4. The van der Waals surface area contributed by atoms with Crippen molar-refractivity contribution in [3.8, 4) is 22.5 Å². The van der Waals surface area contributed by atoms with Gasteiger partial charge in [0.2, 0.25) is 18.2 Å². The van der Waals surface area contributed by atoms with Crippen LogP contribution >= 0.6 is 0 Å². The summed E-state index contributed by atoms with van der Waals surface area (Å²) in [5, 5.41) is 5.87. The minimum atomic E-state index is -0.712. The molecule has 0 saturated carbocycles. The summed E-state index contributed by atoms with van der Waals surface area (Å²) >= 11 is 0. The molecule has 3 saturated heterocycles. The van der Waals surface area contributed by atoms with Gasteiger partial charge >= 0.3 is 6.09 Å². The molecule has 16 heteroatoms. The van der Waals surface area contributed by atoms with Crippen LogP contribution in [-0.2, 0) is 30.3 Å². The Morgan fingerprint density at radius 3 is 1.93 bits per heavy atom. The lowest BCUT2D eigenvalue weighted by Crippen LogP contribution is -2.56. The van der Waals surface area contributed by atoms with Gasteiger partial charge in [0.15, 0.2) is 6.79 Å². The summed E-state index contributed by atoms with van der Waals surface area (Å²) in [6.45, 7) is 9.66. The average molecular weight is 794 g/mol. The Morgan fingerprint density at radius 1 is 0.810 bits per heavy atom. The number of nitrogens with zero attached hydrogens (tertiary/aromatic N) is 5. The summed E-state index contributed by atoms with van der Waals surface area (Å²) in [7, 11) is 1.28. The Bertz CT molecular complexity index is 2160. The van der Waals surface area contributed by atoms with Gasteiger partial charge in [-0.2, -0.15) is 0 Å². The smallest absolute Gasteiger partial charge is 0.407 e. The van der Waals surface area contributed by atoms with Crippen molar-refractivity contribution in [2.75, 3.05) is 31.9 Å². The number of ether oxygens (including phenoxy) is 3. The van der Waals surface area contributed by atoms with E-state index in [-0.39, 0.29) is 48.4 Å². The van der Waals surface area contributed by atoms with Crippen LogP contribution in [0.2, 0.25) is 0 Å². The summed E-state index contributed by atoms with van der Waals surface area (Å²) in [6.07, 6.45) is 5.64. The number of hydrogen-bond donors (Lipinski definition) is 4. The van der Waals surface area contributed by atoms with Gasteiger partial charge in [0.25, 0.3) is 5.91 Å². The van der Waals surface area contributed by atoms with Crippen LogP contribution in [0.15, 0.2) is 54.9 Å². The highest BCUT2D eigenvalue weighted by Crippen LogP contribution is 2.37. The number of imidazole rings is 2. The lowest BCUT2D eigenvalue weighted by molar-refractivity contribution is -0.335. The van der Waals surface area contributed by atoms with Crippen LogP contribution in [0.4, 0.5) is 10.5 Å². The number of amides is 4. The number of anilines is 1. The molecule has 4 aliphatic heterocycles. The van der Waals surface area contributed by atoms with E-state index >= 15 is 0 Å². The van der Waals surface area contributed by atoms with E-state index in [1.807, 2.05) is 75.1 Å². The maximum absolute atomic E-state index is 13.7. The molecule has 3 fully saturated rings. The van der Waals surface area contributed by atoms with Crippen LogP contribution in [0.5, 0.6) is 0 Å². The molecule has 4 N–H and O–H groups in total. The van der Waals surface area contributed by atoms with E-state index in [9.17, 15) is 19.2 Å². The molecule has 0 bridgehead atoms. The van der Waals surface area contributed by atoms with Gasteiger partial charge in [0, 0.05) is 24.3 Å². The Labute approximate surface area is 337 Å². The van der Waals surface area contributed by atoms with Crippen LogP contribution < -0.4 is 15.5 Å². The molecule has 6 heterocycles. The van der Waals surface area contributed by atoms with Crippen molar-refractivity contribution in [3.63, 3.8) is 0 Å². The quantitative estimate of drug-likeness (QED) is 0.148. The predicted molar refractivity (Wildman–Crippen MR) is 213 cm³/mol. The molecule has 4 aromatic rings. The van der Waals surface area contributed by atoms with Gasteiger partial charge in [-0.1, -0.05) is 45.9 Å². The summed E-state index contributed by atoms with van der Waals surface area (Å²) in [4.78, 5) is 74.7. The maximum Gasteiger partial charge on any atom is 0.407 e. The zero-order valence-corrected chi connectivity index (χ0v) is 33.5. The maximum atomic E-state index is 13.7. The van der Waals surface area contributed by atoms with Crippen LogP contribution in [0, 0.1) is 11.8 Å². The number of alkyl carbamates (subject to hydrolysis) is 1. The fourth-order valence-electron chi connectivity index (χ4n) is 8.44. The number of H-pyrrole nitrogens is 2. The van der Waals surface area contributed by atoms with E-state index < -0.39 is 24.6 Å². The lowest BCUT2D eigenvalue weighted by atomic mass is 10.0. The first-order valence-electron chi connectivity index (χ1n) is 20.1. The second-order valence-corrected chi connectivity index (χ2v) is 16.1. The van der Waals surface area contributed by atoms with Crippen molar-refractivity contribution in [1.82, 2.24) is 40.4 Å². The van der Waals surface area contributed by atoms with Crippen molar-refractivity contribution in [2.24, 2.45) is 11.8 Å². The summed E-state index contributed by atoms with van der Waals surface area (Å²) < 4.78 is 15.5. The lowest BCUT2D eigenvalue weighted by Gasteiger charge is -2.35. The number of fused-ring (bicyclic) bond motifs is 1.